The van der Waals surface area contributed by atoms with E-state index in [1.54, 1.807) is 20.8 Å². The molecule has 2 bridgehead atoms. The standard InChI is InChI=1S/C13H19NO5/c1-13(2,3)19-12(17)14-8-5-7(6-9(8)15)10(14)11(16)18-4/h7-8,10H,5-6H2,1-4H3/t7-,8?,10-/m0/s1. The molecule has 6 nitrogen and oxygen atoms in total. The van der Waals surface area contributed by atoms with E-state index in [-0.39, 0.29) is 11.7 Å². The van der Waals surface area contributed by atoms with E-state index < -0.39 is 29.7 Å². The first-order valence-electron chi connectivity index (χ1n) is 6.36. The Labute approximate surface area is 112 Å². The fourth-order valence-electron chi connectivity index (χ4n) is 2.81. The van der Waals surface area contributed by atoms with Gasteiger partial charge in [0.1, 0.15) is 11.6 Å². The van der Waals surface area contributed by atoms with Gasteiger partial charge in [0.2, 0.25) is 0 Å². The van der Waals surface area contributed by atoms with Crippen molar-refractivity contribution in [3.63, 3.8) is 0 Å². The number of carbonyl (C=O) groups excluding carboxylic acids is 3. The Morgan fingerprint density at radius 2 is 1.95 bits per heavy atom. The quantitative estimate of drug-likeness (QED) is 0.667. The molecule has 1 amide bonds. The fourth-order valence-corrected chi connectivity index (χ4v) is 2.81. The molecule has 1 aliphatic heterocycles. The predicted molar refractivity (Wildman–Crippen MR) is 65.4 cm³/mol. The van der Waals surface area contributed by atoms with Gasteiger partial charge in [-0.3, -0.25) is 9.69 Å². The van der Waals surface area contributed by atoms with Crippen molar-refractivity contribution in [2.45, 2.75) is 51.3 Å². The Kier molecular flexibility index (Phi) is 3.28. The van der Waals surface area contributed by atoms with Crippen LogP contribution in [0.1, 0.15) is 33.6 Å². The minimum Gasteiger partial charge on any atom is -0.467 e. The lowest BCUT2D eigenvalue weighted by Crippen LogP contribution is -2.53. The summed E-state index contributed by atoms with van der Waals surface area (Å²) >= 11 is 0. The van der Waals surface area contributed by atoms with E-state index in [9.17, 15) is 14.4 Å². The van der Waals surface area contributed by atoms with Gasteiger partial charge in [0.25, 0.3) is 0 Å². The number of nitrogens with zero attached hydrogens (tertiary/aromatic N) is 1. The van der Waals surface area contributed by atoms with Crippen molar-refractivity contribution in [2.75, 3.05) is 7.11 Å². The minimum absolute atomic E-state index is 0.00369. The molecule has 3 atom stereocenters. The van der Waals surface area contributed by atoms with Crippen LogP contribution in [0.15, 0.2) is 0 Å². The number of fused-ring (bicyclic) bond motifs is 2. The Morgan fingerprint density at radius 3 is 2.47 bits per heavy atom. The van der Waals surface area contributed by atoms with E-state index in [4.69, 9.17) is 9.47 Å². The van der Waals surface area contributed by atoms with Crippen LogP contribution in [0.3, 0.4) is 0 Å². The number of esters is 1. The van der Waals surface area contributed by atoms with Crippen molar-refractivity contribution in [3.8, 4) is 0 Å². The van der Waals surface area contributed by atoms with Gasteiger partial charge in [-0.15, -0.1) is 0 Å². The molecule has 0 aromatic carbocycles. The number of ketones is 1. The molecule has 2 rings (SSSR count). The van der Waals surface area contributed by atoms with Gasteiger partial charge < -0.3 is 9.47 Å². The first kappa shape index (κ1) is 13.8. The van der Waals surface area contributed by atoms with Gasteiger partial charge in [-0.05, 0) is 33.1 Å². The zero-order chi connectivity index (χ0) is 14.4. The molecule has 106 valence electrons. The molecule has 1 aliphatic carbocycles. The number of methoxy groups -OCH3 is 1. The lowest BCUT2D eigenvalue weighted by Gasteiger charge is -2.34. The number of Topliss-reactive ketones (excluding diaryl/α,β-unsaturated/α-hetero) is 1. The topological polar surface area (TPSA) is 72.9 Å². The number of carbonyl (C=O) groups is 3. The third-order valence-electron chi connectivity index (χ3n) is 3.49. The fraction of sp³-hybridized carbons (Fsp3) is 0.769. The summed E-state index contributed by atoms with van der Waals surface area (Å²) in [6, 6.07) is -1.23. The zero-order valence-electron chi connectivity index (χ0n) is 11.6. The van der Waals surface area contributed by atoms with Crippen molar-refractivity contribution in [2.24, 2.45) is 5.92 Å². The van der Waals surface area contributed by atoms with Crippen LogP contribution < -0.4 is 0 Å². The second-order valence-corrected chi connectivity index (χ2v) is 6.04. The summed E-state index contributed by atoms with van der Waals surface area (Å²) in [6.45, 7) is 5.23. The third-order valence-corrected chi connectivity index (χ3v) is 3.49. The molecule has 19 heavy (non-hydrogen) atoms. The van der Waals surface area contributed by atoms with E-state index in [2.05, 4.69) is 0 Å². The van der Waals surface area contributed by atoms with Gasteiger partial charge in [-0.25, -0.2) is 9.59 Å². The number of likely N-dealkylation sites (tertiary alicyclic amines) is 1. The highest BCUT2D eigenvalue weighted by atomic mass is 16.6. The van der Waals surface area contributed by atoms with Crippen LogP contribution in [-0.4, -0.2) is 47.5 Å². The Hall–Kier alpha value is -1.59. The van der Waals surface area contributed by atoms with Crippen molar-refractivity contribution in [3.05, 3.63) is 0 Å². The number of piperidine rings is 1. The zero-order valence-corrected chi connectivity index (χ0v) is 11.6. The molecule has 0 N–H and O–H groups in total. The summed E-state index contributed by atoms with van der Waals surface area (Å²) in [6.07, 6.45) is 0.241. The highest BCUT2D eigenvalue weighted by molar-refractivity contribution is 5.95. The minimum atomic E-state index is -0.692. The molecular weight excluding hydrogens is 250 g/mol. The van der Waals surface area contributed by atoms with E-state index in [0.717, 1.165) is 0 Å². The summed E-state index contributed by atoms with van der Waals surface area (Å²) in [5, 5.41) is 0. The molecule has 2 aliphatic rings. The van der Waals surface area contributed by atoms with Crippen molar-refractivity contribution in [1.82, 2.24) is 4.90 Å². The van der Waals surface area contributed by atoms with Crippen LogP contribution in [0, 0.1) is 5.92 Å². The molecule has 6 heteroatoms. The molecule has 2 fully saturated rings. The number of hydrogen-bond acceptors (Lipinski definition) is 5. The number of amides is 1. The van der Waals surface area contributed by atoms with Crippen molar-refractivity contribution < 1.29 is 23.9 Å². The Morgan fingerprint density at radius 1 is 1.32 bits per heavy atom. The summed E-state index contributed by atoms with van der Waals surface area (Å²) in [7, 11) is 1.28. The summed E-state index contributed by atoms with van der Waals surface area (Å²) in [5.41, 5.74) is -0.664. The average Bonchev–Trinajstić information content (AvgIpc) is 2.81. The summed E-state index contributed by atoms with van der Waals surface area (Å²) in [5.74, 6) is -0.626. The Balaban J connectivity index is 2.22. The molecule has 1 saturated carbocycles. The van der Waals surface area contributed by atoms with Crippen LogP contribution in [0.2, 0.25) is 0 Å². The second kappa shape index (κ2) is 4.51. The van der Waals surface area contributed by atoms with Crippen LogP contribution in [0.5, 0.6) is 0 Å². The first-order chi connectivity index (χ1) is 8.74. The smallest absolute Gasteiger partial charge is 0.411 e. The van der Waals surface area contributed by atoms with Crippen LogP contribution >= 0.6 is 0 Å². The average molecular weight is 269 g/mol. The summed E-state index contributed by atoms with van der Waals surface area (Å²) < 4.78 is 10.0. The molecule has 0 aromatic heterocycles. The van der Waals surface area contributed by atoms with Gasteiger partial charge in [0.05, 0.1) is 13.2 Å². The first-order valence-corrected chi connectivity index (χ1v) is 6.36. The number of ether oxygens (including phenoxy) is 2. The lowest BCUT2D eigenvalue weighted by atomic mass is 9.98. The van der Waals surface area contributed by atoms with E-state index >= 15 is 0 Å². The third kappa shape index (κ3) is 2.43. The molecule has 0 spiro atoms. The van der Waals surface area contributed by atoms with Crippen molar-refractivity contribution in [1.29, 1.82) is 0 Å². The largest absolute Gasteiger partial charge is 0.467 e. The second-order valence-electron chi connectivity index (χ2n) is 6.04. The predicted octanol–water partition coefficient (Wildman–Crippen LogP) is 1.13. The monoisotopic (exact) mass is 269 g/mol. The maximum absolute atomic E-state index is 12.2. The molecule has 1 saturated heterocycles. The van der Waals surface area contributed by atoms with Gasteiger partial charge >= 0.3 is 12.1 Å². The van der Waals surface area contributed by atoms with Gasteiger partial charge in [-0.2, -0.15) is 0 Å². The molecule has 1 unspecified atom stereocenters. The highest BCUT2D eigenvalue weighted by Crippen LogP contribution is 2.41. The maximum Gasteiger partial charge on any atom is 0.411 e. The molecule has 0 radical (unpaired) electrons. The van der Waals surface area contributed by atoms with Crippen LogP contribution in [-0.2, 0) is 19.1 Å². The molecule has 1 heterocycles. The van der Waals surface area contributed by atoms with Crippen molar-refractivity contribution >= 4 is 17.8 Å². The van der Waals surface area contributed by atoms with E-state index in [1.807, 2.05) is 0 Å². The van der Waals surface area contributed by atoms with Gasteiger partial charge in [0.15, 0.2) is 5.78 Å². The summed E-state index contributed by atoms with van der Waals surface area (Å²) in [4.78, 5) is 37.0. The Bertz CT molecular complexity index is 425. The van der Waals surface area contributed by atoms with Crippen LogP contribution in [0.25, 0.3) is 0 Å². The molecule has 0 aromatic rings. The molecular formula is C13H19NO5. The lowest BCUT2D eigenvalue weighted by molar-refractivity contribution is -0.149. The number of rotatable bonds is 1. The normalized spacial score (nSPS) is 29.6. The number of hydrogen-bond donors (Lipinski definition) is 0. The SMILES string of the molecule is COC(=O)[C@@H]1[C@@H]2CC(=O)C(C2)N1C(=O)OC(C)(C)C. The highest BCUT2D eigenvalue weighted by Gasteiger charge is 2.57. The van der Waals surface area contributed by atoms with Crippen LogP contribution in [0.4, 0.5) is 4.79 Å². The van der Waals surface area contributed by atoms with Gasteiger partial charge in [0, 0.05) is 6.42 Å². The van der Waals surface area contributed by atoms with Gasteiger partial charge in [-0.1, -0.05) is 0 Å². The van der Waals surface area contributed by atoms with E-state index in [0.29, 0.717) is 12.8 Å². The maximum atomic E-state index is 12.2. The van der Waals surface area contributed by atoms with E-state index in [1.165, 1.54) is 12.0 Å².